The predicted molar refractivity (Wildman–Crippen MR) is 103 cm³/mol. The number of H-pyrrole nitrogens is 1. The first-order valence-corrected chi connectivity index (χ1v) is 9.60. The lowest BCUT2D eigenvalue weighted by Crippen LogP contribution is -2.43. The van der Waals surface area contributed by atoms with Crippen LogP contribution in [-0.4, -0.2) is 34.9 Å². The Morgan fingerprint density at radius 1 is 1.24 bits per heavy atom. The fourth-order valence-corrected chi connectivity index (χ4v) is 3.98. The lowest BCUT2D eigenvalue weighted by Gasteiger charge is -2.32. The highest BCUT2D eigenvalue weighted by Gasteiger charge is 2.26. The molecule has 1 amide bonds. The molecular weight excluding hydrogens is 310 g/mol. The highest BCUT2D eigenvalue weighted by atomic mass is 16.1. The van der Waals surface area contributed by atoms with Gasteiger partial charge in [0.1, 0.15) is 0 Å². The van der Waals surface area contributed by atoms with Crippen LogP contribution in [0.3, 0.4) is 0 Å². The number of amides is 1. The minimum Gasteiger partial charge on any atom is -0.361 e. The molecule has 4 heteroatoms. The van der Waals surface area contributed by atoms with Gasteiger partial charge in [0.2, 0.25) is 5.91 Å². The van der Waals surface area contributed by atoms with E-state index in [1.165, 1.54) is 16.5 Å². The van der Waals surface area contributed by atoms with Crippen molar-refractivity contribution in [3.8, 4) is 0 Å². The minimum absolute atomic E-state index is 0.175. The van der Waals surface area contributed by atoms with Crippen LogP contribution in [0.5, 0.6) is 0 Å². The van der Waals surface area contributed by atoms with Crippen LogP contribution in [0.25, 0.3) is 10.9 Å². The Morgan fingerprint density at radius 2 is 1.96 bits per heavy atom. The molecule has 0 aliphatic carbocycles. The molecule has 1 aliphatic heterocycles. The molecular formula is C21H31N3O. The molecule has 2 aromatic rings. The number of nitrogens with zero attached hydrogens (tertiary/aromatic N) is 1. The maximum absolute atomic E-state index is 12.5. The lowest BCUT2D eigenvalue weighted by atomic mass is 9.94. The zero-order valence-electron chi connectivity index (χ0n) is 15.7. The highest BCUT2D eigenvalue weighted by molar-refractivity contribution is 5.83. The number of carbonyl (C=O) groups is 1. The SMILES string of the molecule is CC(C)C[C@H](C)NC(=O)C1CCN(Cc2c[nH]c3ccccc23)CC1. The number of para-hydroxylation sites is 1. The van der Waals surface area contributed by atoms with Crippen LogP contribution in [0.4, 0.5) is 0 Å². The second kappa shape index (κ2) is 8.05. The normalized spacial score (nSPS) is 17.9. The van der Waals surface area contributed by atoms with Gasteiger partial charge in [-0.25, -0.2) is 0 Å². The molecule has 2 N–H and O–H groups in total. The summed E-state index contributed by atoms with van der Waals surface area (Å²) in [6, 6.07) is 8.73. The van der Waals surface area contributed by atoms with Crippen LogP contribution in [0.2, 0.25) is 0 Å². The second-order valence-corrected chi connectivity index (χ2v) is 7.95. The summed E-state index contributed by atoms with van der Waals surface area (Å²) in [4.78, 5) is 18.3. The Kier molecular flexibility index (Phi) is 5.79. The Bertz CT molecular complexity index is 698. The Hall–Kier alpha value is -1.81. The van der Waals surface area contributed by atoms with E-state index in [2.05, 4.69) is 66.4 Å². The number of aromatic amines is 1. The van der Waals surface area contributed by atoms with Gasteiger partial charge in [-0.1, -0.05) is 32.0 Å². The van der Waals surface area contributed by atoms with Crippen LogP contribution in [0.1, 0.15) is 45.6 Å². The number of hydrogen-bond acceptors (Lipinski definition) is 2. The third kappa shape index (κ3) is 4.63. The van der Waals surface area contributed by atoms with Gasteiger partial charge in [0.05, 0.1) is 0 Å². The average molecular weight is 341 g/mol. The van der Waals surface area contributed by atoms with Gasteiger partial charge < -0.3 is 10.3 Å². The van der Waals surface area contributed by atoms with Crippen molar-refractivity contribution in [3.63, 3.8) is 0 Å². The van der Waals surface area contributed by atoms with E-state index < -0.39 is 0 Å². The first kappa shape index (κ1) is 18.0. The second-order valence-electron chi connectivity index (χ2n) is 7.95. The molecule has 4 nitrogen and oxygen atoms in total. The number of nitrogens with one attached hydrogen (secondary N) is 2. The van der Waals surface area contributed by atoms with Gasteiger partial charge in [-0.2, -0.15) is 0 Å². The Labute approximate surface area is 151 Å². The van der Waals surface area contributed by atoms with E-state index in [0.717, 1.165) is 38.9 Å². The molecule has 2 heterocycles. The highest BCUT2D eigenvalue weighted by Crippen LogP contribution is 2.23. The van der Waals surface area contributed by atoms with E-state index in [-0.39, 0.29) is 17.9 Å². The fourth-order valence-electron chi connectivity index (χ4n) is 3.98. The van der Waals surface area contributed by atoms with Crippen molar-refractivity contribution >= 4 is 16.8 Å². The fraction of sp³-hybridized carbons (Fsp3) is 0.571. The van der Waals surface area contributed by atoms with Crippen molar-refractivity contribution in [2.75, 3.05) is 13.1 Å². The van der Waals surface area contributed by atoms with Crippen molar-refractivity contribution in [2.45, 2.75) is 52.6 Å². The number of piperidine rings is 1. The topological polar surface area (TPSA) is 48.1 Å². The summed E-state index contributed by atoms with van der Waals surface area (Å²) in [6.07, 6.45) is 5.09. The molecule has 0 bridgehead atoms. The third-order valence-electron chi connectivity index (χ3n) is 5.24. The van der Waals surface area contributed by atoms with E-state index in [4.69, 9.17) is 0 Å². The number of rotatable bonds is 6. The summed E-state index contributed by atoms with van der Waals surface area (Å²) >= 11 is 0. The molecule has 1 saturated heterocycles. The molecule has 3 rings (SSSR count). The summed E-state index contributed by atoms with van der Waals surface area (Å²) in [7, 11) is 0. The Morgan fingerprint density at radius 3 is 2.68 bits per heavy atom. The first-order valence-electron chi connectivity index (χ1n) is 9.60. The monoisotopic (exact) mass is 341 g/mol. The zero-order valence-corrected chi connectivity index (χ0v) is 15.7. The van der Waals surface area contributed by atoms with Crippen LogP contribution in [-0.2, 0) is 11.3 Å². The van der Waals surface area contributed by atoms with Crippen molar-refractivity contribution in [2.24, 2.45) is 11.8 Å². The third-order valence-corrected chi connectivity index (χ3v) is 5.24. The summed E-state index contributed by atoms with van der Waals surface area (Å²) in [6.45, 7) is 9.47. The maximum atomic E-state index is 12.5. The maximum Gasteiger partial charge on any atom is 0.223 e. The standard InChI is InChI=1S/C21H31N3O/c1-15(2)12-16(3)23-21(25)17-8-10-24(11-9-17)14-18-13-22-20-7-5-4-6-19(18)20/h4-7,13,15-17,22H,8-12,14H2,1-3H3,(H,23,25)/t16-/m0/s1. The van der Waals surface area contributed by atoms with Crippen molar-refractivity contribution in [1.82, 2.24) is 15.2 Å². The molecule has 0 radical (unpaired) electrons. The van der Waals surface area contributed by atoms with Gasteiger partial charge >= 0.3 is 0 Å². The van der Waals surface area contributed by atoms with Crippen molar-refractivity contribution in [1.29, 1.82) is 0 Å². The van der Waals surface area contributed by atoms with Crippen molar-refractivity contribution < 1.29 is 4.79 Å². The number of benzene rings is 1. The number of likely N-dealkylation sites (tertiary alicyclic amines) is 1. The van der Waals surface area contributed by atoms with Gasteiger partial charge in [-0.05, 0) is 56.8 Å². The van der Waals surface area contributed by atoms with Gasteiger partial charge in [-0.15, -0.1) is 0 Å². The first-order chi connectivity index (χ1) is 12.0. The molecule has 25 heavy (non-hydrogen) atoms. The largest absolute Gasteiger partial charge is 0.361 e. The van der Waals surface area contributed by atoms with Crippen LogP contribution < -0.4 is 5.32 Å². The molecule has 1 aromatic carbocycles. The molecule has 0 spiro atoms. The van der Waals surface area contributed by atoms with E-state index in [1.54, 1.807) is 0 Å². The molecule has 0 saturated carbocycles. The smallest absolute Gasteiger partial charge is 0.223 e. The van der Waals surface area contributed by atoms with Gasteiger partial charge in [-0.3, -0.25) is 9.69 Å². The van der Waals surface area contributed by atoms with Crippen LogP contribution >= 0.6 is 0 Å². The van der Waals surface area contributed by atoms with Crippen molar-refractivity contribution in [3.05, 3.63) is 36.0 Å². The number of carbonyl (C=O) groups excluding carboxylic acids is 1. The number of aromatic nitrogens is 1. The molecule has 1 atom stereocenters. The molecule has 136 valence electrons. The van der Waals surface area contributed by atoms with Crippen LogP contribution in [0, 0.1) is 11.8 Å². The average Bonchev–Trinajstić information content (AvgIpc) is 2.98. The summed E-state index contributed by atoms with van der Waals surface area (Å²) in [5.41, 5.74) is 2.55. The van der Waals surface area contributed by atoms with Gasteiger partial charge in [0.25, 0.3) is 0 Å². The summed E-state index contributed by atoms with van der Waals surface area (Å²) in [5.74, 6) is 1.04. The minimum atomic E-state index is 0.175. The molecule has 1 fully saturated rings. The number of hydrogen-bond donors (Lipinski definition) is 2. The lowest BCUT2D eigenvalue weighted by molar-refractivity contribution is -0.127. The summed E-state index contributed by atoms with van der Waals surface area (Å²) < 4.78 is 0. The van der Waals surface area contributed by atoms with E-state index >= 15 is 0 Å². The van der Waals surface area contributed by atoms with E-state index in [1.807, 2.05) is 0 Å². The molecule has 1 aliphatic rings. The zero-order chi connectivity index (χ0) is 17.8. The van der Waals surface area contributed by atoms with Gasteiger partial charge in [0, 0.05) is 35.6 Å². The molecule has 1 aromatic heterocycles. The Balaban J connectivity index is 1.49. The van der Waals surface area contributed by atoms with Gasteiger partial charge in [0.15, 0.2) is 0 Å². The summed E-state index contributed by atoms with van der Waals surface area (Å²) in [5, 5.41) is 4.51. The molecule has 0 unspecified atom stereocenters. The quantitative estimate of drug-likeness (QED) is 0.836. The van der Waals surface area contributed by atoms with E-state index in [9.17, 15) is 4.79 Å². The van der Waals surface area contributed by atoms with Crippen LogP contribution in [0.15, 0.2) is 30.5 Å². The van der Waals surface area contributed by atoms with E-state index in [0.29, 0.717) is 5.92 Å². The number of fused-ring (bicyclic) bond motifs is 1. The predicted octanol–water partition coefficient (Wildman–Crippen LogP) is 3.93.